The first-order chi connectivity index (χ1) is 15.1. The third kappa shape index (κ3) is 10.1. The predicted molar refractivity (Wildman–Crippen MR) is 132 cm³/mol. The Labute approximate surface area is 193 Å². The van der Waals surface area contributed by atoms with Crippen LogP contribution in [-0.4, -0.2) is 43.9 Å². The molecule has 1 N–H and O–H groups in total. The minimum atomic E-state index is -1.62. The lowest BCUT2D eigenvalue weighted by atomic mass is 10.2. The van der Waals surface area contributed by atoms with Gasteiger partial charge in [-0.1, -0.05) is 53.1 Å². The van der Waals surface area contributed by atoms with E-state index >= 15 is 0 Å². The van der Waals surface area contributed by atoms with Gasteiger partial charge in [-0.2, -0.15) is 0 Å². The normalized spacial score (nSPS) is 10.9. The van der Waals surface area contributed by atoms with Gasteiger partial charge in [-0.25, -0.2) is 0 Å². The zero-order valence-electron chi connectivity index (χ0n) is 19.9. The van der Waals surface area contributed by atoms with E-state index in [9.17, 15) is 0 Å². The first-order valence-electron chi connectivity index (χ1n) is 10.6. The zero-order chi connectivity index (χ0) is 23.6. The zero-order valence-corrected chi connectivity index (χ0v) is 20.8. The lowest BCUT2D eigenvalue weighted by Gasteiger charge is -2.21. The number of benzene rings is 3. The fraction of sp³-hybridized carbons (Fsp3) is 0.308. The summed E-state index contributed by atoms with van der Waals surface area (Å²) in [6.45, 7) is 7.23. The van der Waals surface area contributed by atoms with E-state index in [1.54, 1.807) is 0 Å². The van der Waals surface area contributed by atoms with Crippen molar-refractivity contribution in [3.63, 3.8) is 0 Å². The summed E-state index contributed by atoms with van der Waals surface area (Å²) in [5, 5.41) is 8.39. The molecule has 6 heteroatoms. The minimum absolute atomic E-state index is 0.281. The molecule has 172 valence electrons. The molecule has 0 aromatic heterocycles. The summed E-state index contributed by atoms with van der Waals surface area (Å²) in [5.74, 6) is 2.16. The molecule has 0 aliphatic heterocycles. The van der Waals surface area contributed by atoms with E-state index < -0.39 is 8.60 Å². The first kappa shape index (κ1) is 25.7. The fourth-order valence-corrected chi connectivity index (χ4v) is 3.40. The van der Waals surface area contributed by atoms with Crippen LogP contribution in [0, 0.1) is 20.8 Å². The van der Waals surface area contributed by atoms with Crippen LogP contribution in [0.15, 0.2) is 72.8 Å². The average molecular weight is 457 g/mol. The lowest BCUT2D eigenvalue weighted by molar-refractivity contribution is -0.870. The van der Waals surface area contributed by atoms with Gasteiger partial charge in [-0.3, -0.25) is 0 Å². The molecule has 0 aliphatic carbocycles. The summed E-state index contributed by atoms with van der Waals surface area (Å²) in [5.41, 5.74) is 3.53. The van der Waals surface area contributed by atoms with Crippen molar-refractivity contribution in [3.8, 4) is 17.2 Å². The first-order valence-corrected chi connectivity index (χ1v) is 11.7. The van der Waals surface area contributed by atoms with Crippen molar-refractivity contribution < 1.29 is 23.2 Å². The Morgan fingerprint density at radius 1 is 0.594 bits per heavy atom. The van der Waals surface area contributed by atoms with Crippen LogP contribution in [-0.2, 0) is 0 Å². The molecule has 0 radical (unpaired) electrons. The quantitative estimate of drug-likeness (QED) is 0.331. The topological polar surface area (TPSA) is 47.9 Å². The standard InChI is InChI=1S/C21H21O3P.C5H14NO/c1-16-4-10-19(11-5-16)22-25(23-20-12-6-17(2)7-13-20)24-21-14-8-18(3)9-15-21;1-6(2,3)4-5-7/h4-15H,1-3H3;7H,4-5H2,1-3H3/q;+1. The molecule has 0 spiro atoms. The third-order valence-electron chi connectivity index (χ3n) is 4.37. The van der Waals surface area contributed by atoms with Gasteiger partial charge in [0.05, 0.1) is 27.7 Å². The molecule has 32 heavy (non-hydrogen) atoms. The van der Waals surface area contributed by atoms with E-state index in [0.717, 1.165) is 28.3 Å². The Morgan fingerprint density at radius 3 is 1.06 bits per heavy atom. The molecule has 0 bridgehead atoms. The molecule has 0 atom stereocenters. The van der Waals surface area contributed by atoms with Crippen molar-refractivity contribution in [1.29, 1.82) is 0 Å². The van der Waals surface area contributed by atoms with Crippen molar-refractivity contribution >= 4 is 8.60 Å². The predicted octanol–water partition coefficient (Wildman–Crippen LogP) is 6.06. The fourth-order valence-electron chi connectivity index (χ4n) is 2.41. The summed E-state index contributed by atoms with van der Waals surface area (Å²) in [6, 6.07) is 23.5. The number of likely N-dealkylation sites (N-methyl/N-ethyl adjacent to an activating group) is 1. The SMILES string of the molecule is C[N+](C)(C)CCO.Cc1ccc(OP(Oc2ccc(C)cc2)Oc2ccc(C)cc2)cc1. The van der Waals surface area contributed by atoms with Crippen molar-refractivity contribution in [3.05, 3.63) is 89.5 Å². The Kier molecular flexibility index (Phi) is 9.98. The smallest absolute Gasteiger partial charge is 0.409 e. The minimum Gasteiger partial charge on any atom is -0.409 e. The van der Waals surface area contributed by atoms with E-state index in [4.69, 9.17) is 18.7 Å². The van der Waals surface area contributed by atoms with E-state index in [2.05, 4.69) is 21.1 Å². The lowest BCUT2D eigenvalue weighted by Crippen LogP contribution is -2.36. The van der Waals surface area contributed by atoms with Gasteiger partial charge >= 0.3 is 8.60 Å². The number of aliphatic hydroxyl groups excluding tert-OH is 1. The third-order valence-corrected chi connectivity index (χ3v) is 5.45. The Morgan fingerprint density at radius 2 is 0.875 bits per heavy atom. The summed E-state index contributed by atoms with van der Waals surface area (Å²) in [7, 11) is 4.54. The van der Waals surface area contributed by atoms with Gasteiger partial charge < -0.3 is 23.2 Å². The van der Waals surface area contributed by atoms with Gasteiger partial charge in [0.2, 0.25) is 0 Å². The summed E-state index contributed by atoms with van der Waals surface area (Å²) in [6.07, 6.45) is 0. The summed E-state index contributed by atoms with van der Waals surface area (Å²) < 4.78 is 18.7. The second kappa shape index (κ2) is 12.4. The number of aryl methyl sites for hydroxylation is 3. The molecular formula is C26H35NO4P+. The van der Waals surface area contributed by atoms with Crippen LogP contribution >= 0.6 is 8.60 Å². The molecule has 0 amide bonds. The molecule has 5 nitrogen and oxygen atoms in total. The number of aliphatic hydroxyl groups is 1. The van der Waals surface area contributed by atoms with Gasteiger partial charge in [0, 0.05) is 0 Å². The van der Waals surface area contributed by atoms with Crippen LogP contribution in [0.3, 0.4) is 0 Å². The van der Waals surface area contributed by atoms with Crippen LogP contribution in [0.2, 0.25) is 0 Å². The van der Waals surface area contributed by atoms with E-state index in [1.165, 1.54) is 16.7 Å². The van der Waals surface area contributed by atoms with Crippen LogP contribution < -0.4 is 13.6 Å². The molecule has 0 fully saturated rings. The van der Waals surface area contributed by atoms with Gasteiger partial charge in [0.1, 0.15) is 23.8 Å². The highest BCUT2D eigenvalue weighted by Gasteiger charge is 2.19. The molecular weight excluding hydrogens is 421 g/mol. The van der Waals surface area contributed by atoms with Gasteiger partial charge in [0.25, 0.3) is 0 Å². The molecule has 0 saturated carbocycles. The van der Waals surface area contributed by atoms with Crippen molar-refractivity contribution in [2.75, 3.05) is 34.3 Å². The van der Waals surface area contributed by atoms with Gasteiger partial charge in [-0.15, -0.1) is 0 Å². The highest BCUT2D eigenvalue weighted by atomic mass is 31.2. The molecule has 3 rings (SSSR count). The van der Waals surface area contributed by atoms with Gasteiger partial charge in [0.15, 0.2) is 0 Å². The second-order valence-corrected chi connectivity index (χ2v) is 9.67. The molecule has 0 saturated heterocycles. The average Bonchev–Trinajstić information content (AvgIpc) is 2.73. The molecule has 3 aromatic carbocycles. The van der Waals surface area contributed by atoms with Gasteiger partial charge in [-0.05, 0) is 57.2 Å². The molecule has 0 heterocycles. The van der Waals surface area contributed by atoms with Crippen LogP contribution in [0.1, 0.15) is 16.7 Å². The van der Waals surface area contributed by atoms with Crippen molar-refractivity contribution in [1.82, 2.24) is 0 Å². The van der Waals surface area contributed by atoms with Crippen molar-refractivity contribution in [2.24, 2.45) is 0 Å². The Balaban J connectivity index is 0.000000451. The number of quaternary nitrogens is 1. The highest BCUT2D eigenvalue weighted by molar-refractivity contribution is 7.43. The maximum atomic E-state index is 8.39. The Bertz CT molecular complexity index is 807. The number of hydrogen-bond donors (Lipinski definition) is 1. The van der Waals surface area contributed by atoms with Crippen LogP contribution in [0.5, 0.6) is 17.2 Å². The maximum absolute atomic E-state index is 8.39. The number of hydrogen-bond acceptors (Lipinski definition) is 4. The van der Waals surface area contributed by atoms with E-state index in [0.29, 0.717) is 0 Å². The monoisotopic (exact) mass is 456 g/mol. The van der Waals surface area contributed by atoms with E-state index in [-0.39, 0.29) is 6.61 Å². The Hall–Kier alpha value is -2.59. The maximum Gasteiger partial charge on any atom is 0.530 e. The van der Waals surface area contributed by atoms with Crippen LogP contribution in [0.4, 0.5) is 0 Å². The van der Waals surface area contributed by atoms with Crippen LogP contribution in [0.25, 0.3) is 0 Å². The molecule has 0 aliphatic rings. The summed E-state index contributed by atoms with van der Waals surface area (Å²) in [4.78, 5) is 0. The molecule has 0 unspecified atom stereocenters. The number of nitrogens with zero attached hydrogens (tertiary/aromatic N) is 1. The van der Waals surface area contributed by atoms with Crippen molar-refractivity contribution in [2.45, 2.75) is 20.8 Å². The molecule has 3 aromatic rings. The number of rotatable bonds is 8. The highest BCUT2D eigenvalue weighted by Crippen LogP contribution is 2.42. The van der Waals surface area contributed by atoms with E-state index in [1.807, 2.05) is 93.6 Å². The summed E-state index contributed by atoms with van der Waals surface area (Å²) >= 11 is 0. The largest absolute Gasteiger partial charge is 0.530 e. The second-order valence-electron chi connectivity index (χ2n) is 8.67.